The Bertz CT molecular complexity index is 611. The van der Waals surface area contributed by atoms with Crippen LogP contribution in [0.4, 0.5) is 0 Å². The lowest BCUT2D eigenvalue weighted by Gasteiger charge is -2.35. The zero-order valence-electron chi connectivity index (χ0n) is 16.9. The number of esters is 1. The van der Waals surface area contributed by atoms with Gasteiger partial charge in [0.1, 0.15) is 6.10 Å². The second-order valence-electron chi connectivity index (χ2n) is 8.30. The van der Waals surface area contributed by atoms with Crippen LogP contribution in [-0.2, 0) is 14.3 Å². The molecule has 0 spiro atoms. The molecule has 1 aliphatic rings. The van der Waals surface area contributed by atoms with Crippen LogP contribution in [0.3, 0.4) is 0 Å². The van der Waals surface area contributed by atoms with Crippen molar-refractivity contribution in [1.82, 2.24) is 0 Å². The first-order valence-electron chi connectivity index (χ1n) is 10.6. The number of rotatable bonds is 12. The molecular weight excluding hydrogens is 356 g/mol. The summed E-state index contributed by atoms with van der Waals surface area (Å²) in [5, 5.41) is 19.2. The highest BCUT2D eigenvalue weighted by Crippen LogP contribution is 2.31. The van der Waals surface area contributed by atoms with E-state index in [-0.39, 0.29) is 18.9 Å². The highest BCUT2D eigenvalue weighted by atomic mass is 16.5. The van der Waals surface area contributed by atoms with Crippen LogP contribution < -0.4 is 0 Å². The fourth-order valence-electron chi connectivity index (χ4n) is 4.09. The van der Waals surface area contributed by atoms with E-state index in [4.69, 9.17) is 9.84 Å². The Morgan fingerprint density at radius 2 is 1.79 bits per heavy atom. The van der Waals surface area contributed by atoms with Crippen LogP contribution in [0.5, 0.6) is 0 Å². The van der Waals surface area contributed by atoms with Crippen molar-refractivity contribution >= 4 is 11.9 Å². The van der Waals surface area contributed by atoms with Crippen molar-refractivity contribution in [2.24, 2.45) is 0 Å². The van der Waals surface area contributed by atoms with E-state index in [0.29, 0.717) is 12.3 Å². The third-order valence-corrected chi connectivity index (χ3v) is 5.64. The standard InChI is InChI=1S/C23H34O5/c1-18(19-12-8-6-9-13-19)11-7-4-2-3-5-10-14-20-15-23(27,16-21(24)25)17-22(26)28-20/h6,8-9,12-13,18,20,27H,2-5,7,10-11,14-17H2,1H3,(H,24,25). The summed E-state index contributed by atoms with van der Waals surface area (Å²) in [5.74, 6) is -0.975. The van der Waals surface area contributed by atoms with Crippen molar-refractivity contribution in [3.05, 3.63) is 35.9 Å². The number of aliphatic hydroxyl groups is 1. The number of carbonyl (C=O) groups excluding carboxylic acids is 1. The lowest BCUT2D eigenvalue weighted by molar-refractivity contribution is -0.173. The van der Waals surface area contributed by atoms with Crippen molar-refractivity contribution in [2.45, 2.75) is 95.2 Å². The molecular formula is C23H34O5. The lowest BCUT2D eigenvalue weighted by Crippen LogP contribution is -2.44. The molecule has 0 radical (unpaired) electrons. The molecule has 0 bridgehead atoms. The largest absolute Gasteiger partial charge is 0.481 e. The quantitative estimate of drug-likeness (QED) is 0.395. The van der Waals surface area contributed by atoms with E-state index in [1.54, 1.807) is 0 Å². The van der Waals surface area contributed by atoms with Gasteiger partial charge in [0, 0.05) is 6.42 Å². The fourth-order valence-corrected chi connectivity index (χ4v) is 4.09. The minimum Gasteiger partial charge on any atom is -0.481 e. The third-order valence-electron chi connectivity index (χ3n) is 5.64. The number of hydrogen-bond donors (Lipinski definition) is 2. The summed E-state index contributed by atoms with van der Waals surface area (Å²) in [5.41, 5.74) is -0.0474. The second-order valence-corrected chi connectivity index (χ2v) is 8.30. The Labute approximate surface area is 168 Å². The van der Waals surface area contributed by atoms with E-state index in [9.17, 15) is 14.7 Å². The number of carboxylic acid groups (broad SMARTS) is 1. The molecule has 0 saturated carbocycles. The average Bonchev–Trinajstić information content (AvgIpc) is 2.62. The van der Waals surface area contributed by atoms with E-state index < -0.39 is 24.0 Å². The zero-order chi connectivity index (χ0) is 20.4. The Kier molecular flexibility index (Phi) is 8.97. The van der Waals surface area contributed by atoms with Crippen LogP contribution in [0.2, 0.25) is 0 Å². The summed E-state index contributed by atoms with van der Waals surface area (Å²) < 4.78 is 5.28. The molecule has 2 rings (SSSR count). The van der Waals surface area contributed by atoms with Gasteiger partial charge in [0.15, 0.2) is 0 Å². The Hall–Kier alpha value is -1.88. The molecule has 1 aliphatic heterocycles. The van der Waals surface area contributed by atoms with Gasteiger partial charge in [-0.15, -0.1) is 0 Å². The topological polar surface area (TPSA) is 83.8 Å². The first-order chi connectivity index (χ1) is 13.4. The van der Waals surface area contributed by atoms with Gasteiger partial charge < -0.3 is 14.9 Å². The van der Waals surface area contributed by atoms with Gasteiger partial charge in [-0.3, -0.25) is 9.59 Å². The number of benzene rings is 1. The molecule has 3 unspecified atom stereocenters. The maximum atomic E-state index is 11.7. The SMILES string of the molecule is CC(CCCCCCCCC1CC(O)(CC(=O)O)CC(=O)O1)c1ccccc1. The Balaban J connectivity index is 1.54. The van der Waals surface area contributed by atoms with Crippen molar-refractivity contribution in [3.8, 4) is 0 Å². The van der Waals surface area contributed by atoms with Gasteiger partial charge in [0.25, 0.3) is 0 Å². The van der Waals surface area contributed by atoms with E-state index in [1.165, 1.54) is 31.2 Å². The van der Waals surface area contributed by atoms with Crippen LogP contribution >= 0.6 is 0 Å². The minimum atomic E-state index is -1.46. The Morgan fingerprint density at radius 1 is 1.14 bits per heavy atom. The van der Waals surface area contributed by atoms with Crippen LogP contribution in [0, 0.1) is 0 Å². The predicted octanol–water partition coefficient (Wildman–Crippen LogP) is 4.82. The molecule has 156 valence electrons. The number of carbonyl (C=O) groups is 2. The zero-order valence-corrected chi connectivity index (χ0v) is 16.9. The Morgan fingerprint density at radius 3 is 2.46 bits per heavy atom. The molecule has 1 aromatic carbocycles. The van der Waals surface area contributed by atoms with Crippen molar-refractivity contribution < 1.29 is 24.5 Å². The summed E-state index contributed by atoms with van der Waals surface area (Å²) in [4.78, 5) is 22.5. The maximum absolute atomic E-state index is 11.7. The molecule has 1 saturated heterocycles. The predicted molar refractivity (Wildman–Crippen MR) is 108 cm³/mol. The maximum Gasteiger partial charge on any atom is 0.309 e. The number of ether oxygens (including phenoxy) is 1. The molecule has 0 aromatic heterocycles. The molecule has 3 atom stereocenters. The van der Waals surface area contributed by atoms with Gasteiger partial charge in [-0.1, -0.05) is 69.4 Å². The van der Waals surface area contributed by atoms with Crippen molar-refractivity contribution in [2.75, 3.05) is 0 Å². The number of cyclic esters (lactones) is 1. The van der Waals surface area contributed by atoms with Crippen molar-refractivity contribution in [1.29, 1.82) is 0 Å². The fraction of sp³-hybridized carbons (Fsp3) is 0.652. The second kappa shape index (κ2) is 11.2. The number of aliphatic carboxylic acids is 1. The highest BCUT2D eigenvalue weighted by Gasteiger charge is 2.41. The van der Waals surface area contributed by atoms with Gasteiger partial charge in [-0.05, 0) is 30.7 Å². The number of unbranched alkanes of at least 4 members (excludes halogenated alkanes) is 5. The molecule has 1 fully saturated rings. The number of hydrogen-bond acceptors (Lipinski definition) is 4. The lowest BCUT2D eigenvalue weighted by atomic mass is 9.85. The van der Waals surface area contributed by atoms with E-state index in [1.807, 2.05) is 0 Å². The molecule has 1 aromatic rings. The molecule has 28 heavy (non-hydrogen) atoms. The summed E-state index contributed by atoms with van der Waals surface area (Å²) in [7, 11) is 0. The van der Waals surface area contributed by atoms with Crippen LogP contribution in [0.15, 0.2) is 30.3 Å². The highest BCUT2D eigenvalue weighted by molar-refractivity contribution is 5.75. The molecule has 5 heteroatoms. The van der Waals surface area contributed by atoms with E-state index >= 15 is 0 Å². The van der Waals surface area contributed by atoms with Gasteiger partial charge >= 0.3 is 11.9 Å². The third kappa shape index (κ3) is 8.01. The first-order valence-corrected chi connectivity index (χ1v) is 10.6. The monoisotopic (exact) mass is 390 g/mol. The average molecular weight is 391 g/mol. The van der Waals surface area contributed by atoms with Crippen LogP contribution in [0.1, 0.15) is 89.0 Å². The van der Waals surface area contributed by atoms with Gasteiger partial charge in [-0.2, -0.15) is 0 Å². The normalized spacial score (nSPS) is 23.2. The summed E-state index contributed by atoms with van der Waals surface area (Å²) >= 11 is 0. The number of carboxylic acids is 1. The van der Waals surface area contributed by atoms with Gasteiger partial charge in [0.05, 0.1) is 18.4 Å². The van der Waals surface area contributed by atoms with Gasteiger partial charge in [0.2, 0.25) is 0 Å². The van der Waals surface area contributed by atoms with Crippen LogP contribution in [-0.4, -0.2) is 33.9 Å². The van der Waals surface area contributed by atoms with Crippen LogP contribution in [0.25, 0.3) is 0 Å². The minimum absolute atomic E-state index is 0.225. The summed E-state index contributed by atoms with van der Waals surface area (Å²) in [6.45, 7) is 2.28. The molecule has 0 aliphatic carbocycles. The molecule has 5 nitrogen and oxygen atoms in total. The van der Waals surface area contributed by atoms with Crippen molar-refractivity contribution in [3.63, 3.8) is 0 Å². The molecule has 1 heterocycles. The smallest absolute Gasteiger partial charge is 0.309 e. The first kappa shape index (κ1) is 22.4. The van der Waals surface area contributed by atoms with E-state index in [0.717, 1.165) is 19.3 Å². The van der Waals surface area contributed by atoms with Gasteiger partial charge in [-0.25, -0.2) is 0 Å². The summed E-state index contributed by atoms with van der Waals surface area (Å²) in [6, 6.07) is 10.6. The summed E-state index contributed by atoms with van der Waals surface area (Å²) in [6.07, 6.45) is 7.96. The molecule has 2 N–H and O–H groups in total. The van der Waals surface area contributed by atoms with E-state index in [2.05, 4.69) is 37.3 Å². The molecule has 0 amide bonds.